The molecule has 0 aromatic heterocycles. The molecule has 282 valence electrons. The lowest BCUT2D eigenvalue weighted by molar-refractivity contribution is -0.384. The Morgan fingerprint density at radius 2 is 1.09 bits per heavy atom. The van der Waals surface area contributed by atoms with E-state index in [9.17, 15) is 29.9 Å². The molecule has 2 atom stereocenters. The Kier molecular flexibility index (Phi) is 10.3. The molecular formula is C45H37Cl2N3O6. The molecule has 8 rings (SSSR count). The number of halogens is 2. The number of aliphatic hydroxyl groups is 2. The zero-order valence-electron chi connectivity index (χ0n) is 30.7. The molecule has 2 amide bonds. The third-order valence-electron chi connectivity index (χ3n) is 10.4. The first-order valence-electron chi connectivity index (χ1n) is 17.8. The number of nitro benzene ring substituents is 1. The largest absolute Gasteiger partial charge is 0.363 e. The minimum Gasteiger partial charge on any atom is -0.363 e. The summed E-state index contributed by atoms with van der Waals surface area (Å²) >= 11 is 12.0. The molecule has 2 aliphatic rings. The summed E-state index contributed by atoms with van der Waals surface area (Å²) in [4.78, 5) is 39.8. The quantitative estimate of drug-likeness (QED) is 0.123. The first-order valence-corrected chi connectivity index (χ1v) is 18.6. The van der Waals surface area contributed by atoms with Gasteiger partial charge in [-0.15, -0.1) is 0 Å². The summed E-state index contributed by atoms with van der Waals surface area (Å²) in [6.07, 6.45) is 0. The van der Waals surface area contributed by atoms with Crippen LogP contribution >= 0.6 is 23.2 Å². The van der Waals surface area contributed by atoms with Crippen molar-refractivity contribution in [1.29, 1.82) is 0 Å². The summed E-state index contributed by atoms with van der Waals surface area (Å²) in [5, 5.41) is 35.7. The van der Waals surface area contributed by atoms with Crippen LogP contribution < -0.4 is 0 Å². The molecule has 0 saturated carbocycles. The van der Waals surface area contributed by atoms with Crippen molar-refractivity contribution in [3.63, 3.8) is 0 Å². The fraction of sp³-hybridized carbons (Fsp3) is 0.156. The highest BCUT2D eigenvalue weighted by atomic mass is 35.5. The van der Waals surface area contributed by atoms with E-state index >= 15 is 0 Å². The molecule has 56 heavy (non-hydrogen) atoms. The van der Waals surface area contributed by atoms with Crippen molar-refractivity contribution in [3.8, 4) is 0 Å². The van der Waals surface area contributed by atoms with Crippen LogP contribution in [0.4, 0.5) is 5.69 Å². The number of carbonyl (C=O) groups is 2. The molecule has 2 unspecified atom stereocenters. The zero-order chi connectivity index (χ0) is 39.9. The van der Waals surface area contributed by atoms with E-state index in [-0.39, 0.29) is 24.0 Å². The van der Waals surface area contributed by atoms with Crippen LogP contribution in [0.15, 0.2) is 133 Å². The number of nitrogens with zero attached hydrogens (tertiary/aromatic N) is 3. The lowest BCUT2D eigenvalue weighted by Gasteiger charge is -2.35. The zero-order valence-corrected chi connectivity index (χ0v) is 32.3. The van der Waals surface area contributed by atoms with Crippen LogP contribution in [0, 0.1) is 30.9 Å². The summed E-state index contributed by atoms with van der Waals surface area (Å²) in [6, 6.07) is 38.6. The second-order valence-electron chi connectivity index (χ2n) is 14.0. The Labute approximate surface area is 334 Å². The molecule has 0 radical (unpaired) electrons. The van der Waals surface area contributed by atoms with Crippen LogP contribution in [-0.2, 0) is 24.5 Å². The van der Waals surface area contributed by atoms with E-state index in [1.165, 1.54) is 17.0 Å². The molecule has 2 aliphatic heterocycles. The Balaban J connectivity index is 0.000000172. The van der Waals surface area contributed by atoms with Gasteiger partial charge < -0.3 is 10.2 Å². The molecule has 6 aromatic carbocycles. The Morgan fingerprint density at radius 1 is 0.607 bits per heavy atom. The first-order chi connectivity index (χ1) is 26.7. The highest BCUT2D eigenvalue weighted by Gasteiger charge is 2.51. The van der Waals surface area contributed by atoms with Crippen molar-refractivity contribution in [3.05, 3.63) is 215 Å². The Morgan fingerprint density at radius 3 is 1.64 bits per heavy atom. The molecule has 0 spiro atoms. The van der Waals surface area contributed by atoms with Gasteiger partial charge in [0.2, 0.25) is 0 Å². The van der Waals surface area contributed by atoms with Gasteiger partial charge in [0, 0.05) is 63.1 Å². The van der Waals surface area contributed by atoms with Crippen molar-refractivity contribution in [2.75, 3.05) is 0 Å². The smallest absolute Gasteiger partial charge is 0.269 e. The second-order valence-corrected chi connectivity index (χ2v) is 14.9. The van der Waals surface area contributed by atoms with Crippen molar-refractivity contribution >= 4 is 40.7 Å². The number of benzene rings is 6. The van der Waals surface area contributed by atoms with E-state index in [0.717, 1.165) is 22.3 Å². The summed E-state index contributed by atoms with van der Waals surface area (Å²) in [7, 11) is 0. The molecule has 0 bridgehead atoms. The van der Waals surface area contributed by atoms with Crippen LogP contribution in [0.25, 0.3) is 0 Å². The van der Waals surface area contributed by atoms with Crippen LogP contribution in [0.1, 0.15) is 70.8 Å². The van der Waals surface area contributed by atoms with Crippen molar-refractivity contribution in [2.45, 2.75) is 45.3 Å². The minimum absolute atomic E-state index is 0.0337. The number of aryl methyl sites for hydroxylation is 3. The molecule has 6 aromatic rings. The van der Waals surface area contributed by atoms with E-state index in [1.54, 1.807) is 77.7 Å². The molecule has 0 aliphatic carbocycles. The van der Waals surface area contributed by atoms with Gasteiger partial charge in [-0.1, -0.05) is 120 Å². The molecule has 9 nitrogen and oxygen atoms in total. The predicted octanol–water partition coefficient (Wildman–Crippen LogP) is 9.21. The van der Waals surface area contributed by atoms with Gasteiger partial charge in [-0.05, 0) is 73.4 Å². The van der Waals surface area contributed by atoms with Gasteiger partial charge in [-0.25, -0.2) is 0 Å². The molecule has 0 fully saturated rings. The van der Waals surface area contributed by atoms with Crippen molar-refractivity contribution in [2.24, 2.45) is 0 Å². The predicted molar refractivity (Wildman–Crippen MR) is 215 cm³/mol. The third-order valence-corrected chi connectivity index (χ3v) is 10.9. The fourth-order valence-corrected chi connectivity index (χ4v) is 7.79. The van der Waals surface area contributed by atoms with Gasteiger partial charge in [-0.3, -0.25) is 29.5 Å². The van der Waals surface area contributed by atoms with Crippen LogP contribution in [0.2, 0.25) is 10.0 Å². The average molecular weight is 787 g/mol. The number of hydrogen-bond donors (Lipinski definition) is 2. The average Bonchev–Trinajstić information content (AvgIpc) is 3.54. The number of hydrogen-bond acceptors (Lipinski definition) is 6. The molecule has 11 heteroatoms. The standard InChI is InChI=1S/C23H20ClNO2.C22H17ClN2O4/c1-15-6-8-17(9-7-15)14-25-22(26)21-16(2)4-3-5-20(21)23(25,27)18-10-12-19(24)13-11-18;1-14-3-2-4-19-20(14)22(27,16-7-9-17(23)10-8-16)24(21(19)26)13-15-5-11-18(12-6-15)25(28)29/h3-13,27H,14H2,1-2H3;2-12,27H,13H2,1H3. The van der Waals surface area contributed by atoms with E-state index < -0.39 is 16.4 Å². The highest BCUT2D eigenvalue weighted by Crippen LogP contribution is 2.46. The summed E-state index contributed by atoms with van der Waals surface area (Å²) in [6.45, 7) is 6.17. The first kappa shape index (κ1) is 38.4. The normalized spacial score (nSPS) is 18.3. The number of nitro groups is 1. The van der Waals surface area contributed by atoms with E-state index in [1.807, 2.05) is 69.3 Å². The van der Waals surface area contributed by atoms with Gasteiger partial charge in [0.15, 0.2) is 11.4 Å². The maximum absolute atomic E-state index is 13.3. The van der Waals surface area contributed by atoms with Gasteiger partial charge in [0.1, 0.15) is 0 Å². The maximum atomic E-state index is 13.3. The number of amides is 2. The number of carbonyl (C=O) groups excluding carboxylic acids is 2. The molecule has 2 heterocycles. The molecule has 2 N–H and O–H groups in total. The van der Waals surface area contributed by atoms with Crippen LogP contribution in [-0.4, -0.2) is 36.8 Å². The van der Waals surface area contributed by atoms with Gasteiger partial charge in [0.25, 0.3) is 17.5 Å². The lowest BCUT2D eigenvalue weighted by atomic mass is 9.90. The lowest BCUT2D eigenvalue weighted by Crippen LogP contribution is -2.44. The summed E-state index contributed by atoms with van der Waals surface area (Å²) in [5.41, 5.74) is 4.49. The summed E-state index contributed by atoms with van der Waals surface area (Å²) < 4.78 is 0. The van der Waals surface area contributed by atoms with Gasteiger partial charge >= 0.3 is 0 Å². The summed E-state index contributed by atoms with van der Waals surface area (Å²) in [5.74, 6) is -0.472. The van der Waals surface area contributed by atoms with E-state index in [0.29, 0.717) is 55.5 Å². The van der Waals surface area contributed by atoms with Gasteiger partial charge in [-0.2, -0.15) is 0 Å². The van der Waals surface area contributed by atoms with Gasteiger partial charge in [0.05, 0.1) is 10.5 Å². The third kappa shape index (κ3) is 6.73. The second kappa shape index (κ2) is 15.0. The number of non-ortho nitro benzene ring substituents is 1. The van der Waals surface area contributed by atoms with Crippen LogP contribution in [0.5, 0.6) is 0 Å². The fourth-order valence-electron chi connectivity index (χ4n) is 7.54. The molecule has 0 saturated heterocycles. The van der Waals surface area contributed by atoms with E-state index in [2.05, 4.69) is 0 Å². The topological polar surface area (TPSA) is 124 Å². The maximum Gasteiger partial charge on any atom is 0.269 e. The number of fused-ring (bicyclic) bond motifs is 2. The van der Waals surface area contributed by atoms with E-state index in [4.69, 9.17) is 23.2 Å². The van der Waals surface area contributed by atoms with Crippen LogP contribution in [0.3, 0.4) is 0 Å². The SMILES string of the molecule is Cc1ccc(CN2C(=O)c3c(C)cccc3C2(O)c2ccc(Cl)cc2)cc1.Cc1cccc2c1C(O)(c1ccc(Cl)cc1)N(Cc1ccc([N+](=O)[O-])cc1)C2=O. The van der Waals surface area contributed by atoms with Crippen molar-refractivity contribution < 1.29 is 24.7 Å². The molecular weight excluding hydrogens is 749 g/mol. The Bertz CT molecular complexity index is 2470. The minimum atomic E-state index is -1.68. The highest BCUT2D eigenvalue weighted by molar-refractivity contribution is 6.30. The Hall–Kier alpha value is -5.84. The number of rotatable bonds is 7. The monoisotopic (exact) mass is 785 g/mol. The van der Waals surface area contributed by atoms with Crippen molar-refractivity contribution in [1.82, 2.24) is 9.80 Å².